The molecule has 40 heavy (non-hydrogen) atoms. The number of para-hydroxylation sites is 2. The summed E-state index contributed by atoms with van der Waals surface area (Å²) < 4.78 is 0. The topological polar surface area (TPSA) is 29.0 Å². The van der Waals surface area contributed by atoms with Crippen molar-refractivity contribution >= 4 is 68.0 Å². The Morgan fingerprint density at radius 1 is 0.525 bits per heavy atom. The number of benzene rings is 6. The first kappa shape index (κ1) is 23.1. The Labute approximate surface area is 234 Å². The molecule has 0 amide bonds. The van der Waals surface area contributed by atoms with Crippen molar-refractivity contribution in [3.05, 3.63) is 128 Å². The van der Waals surface area contributed by atoms with Gasteiger partial charge in [-0.05, 0) is 45.4 Å². The van der Waals surface area contributed by atoms with Crippen LogP contribution in [0.1, 0.15) is 0 Å². The lowest BCUT2D eigenvalue weighted by Crippen LogP contribution is -2.58. The molecule has 0 saturated carbocycles. The van der Waals surface area contributed by atoms with Gasteiger partial charge in [-0.15, -0.1) is 0 Å². The molecule has 3 nitrogen and oxygen atoms in total. The molecule has 0 spiro atoms. The van der Waals surface area contributed by atoms with Crippen molar-refractivity contribution in [3.63, 3.8) is 0 Å². The van der Waals surface area contributed by atoms with Crippen LogP contribution < -0.4 is 15.3 Å². The van der Waals surface area contributed by atoms with Gasteiger partial charge in [0, 0.05) is 39.3 Å². The Balaban J connectivity index is 1.38. The van der Waals surface area contributed by atoms with Gasteiger partial charge in [-0.3, -0.25) is 0 Å². The van der Waals surface area contributed by atoms with Gasteiger partial charge in [-0.25, -0.2) is 9.97 Å². The van der Waals surface area contributed by atoms with Gasteiger partial charge in [0.15, 0.2) is 5.82 Å². The molecular formula is C36H27N3Si. The van der Waals surface area contributed by atoms with E-state index in [9.17, 15) is 0 Å². The number of hydrogen-bond donors (Lipinski definition) is 0. The molecule has 0 fully saturated rings. The second kappa shape index (κ2) is 8.60. The first-order chi connectivity index (χ1) is 19.6. The molecule has 0 N–H and O–H groups in total. The standard InChI is InChI=1S/C36H27N3Si/c1-40(2)33-17-9-7-15-31(33)39(32-16-8-10-18-34(32)40)30-22-21-29(27-13-5-6-14-28(27)30)36-37-23-25-20-19-24-11-3-4-12-26(24)35(25)38-36/h3-23H,1-2H3. The third kappa shape index (κ3) is 3.29. The summed E-state index contributed by atoms with van der Waals surface area (Å²) in [6.07, 6.45) is 1.95. The maximum atomic E-state index is 5.14. The fourth-order valence-corrected chi connectivity index (χ4v) is 9.48. The van der Waals surface area contributed by atoms with Crippen LogP contribution in [0.4, 0.5) is 17.1 Å². The van der Waals surface area contributed by atoms with Gasteiger partial charge in [0.2, 0.25) is 0 Å². The molecular weight excluding hydrogens is 503 g/mol. The minimum Gasteiger partial charge on any atom is -0.310 e. The summed E-state index contributed by atoms with van der Waals surface area (Å²) in [5.74, 6) is 0.750. The first-order valence-electron chi connectivity index (χ1n) is 13.8. The van der Waals surface area contributed by atoms with E-state index in [1.807, 2.05) is 6.20 Å². The lowest BCUT2D eigenvalue weighted by Gasteiger charge is -2.41. The van der Waals surface area contributed by atoms with Crippen molar-refractivity contribution in [2.75, 3.05) is 4.90 Å². The van der Waals surface area contributed by atoms with Crippen LogP contribution in [0, 0.1) is 0 Å². The van der Waals surface area contributed by atoms with Crippen molar-refractivity contribution in [1.82, 2.24) is 9.97 Å². The molecule has 0 radical (unpaired) electrons. The van der Waals surface area contributed by atoms with Crippen LogP contribution in [0.3, 0.4) is 0 Å². The average molecular weight is 530 g/mol. The highest BCUT2D eigenvalue weighted by atomic mass is 28.3. The highest BCUT2D eigenvalue weighted by Gasteiger charge is 2.38. The Morgan fingerprint density at radius 3 is 1.88 bits per heavy atom. The second-order valence-corrected chi connectivity index (χ2v) is 15.4. The van der Waals surface area contributed by atoms with Crippen LogP contribution in [-0.4, -0.2) is 18.0 Å². The predicted molar refractivity (Wildman–Crippen MR) is 171 cm³/mol. The molecule has 8 rings (SSSR count). The van der Waals surface area contributed by atoms with E-state index in [-0.39, 0.29) is 0 Å². The maximum absolute atomic E-state index is 5.14. The fourth-order valence-electron chi connectivity index (χ4n) is 6.50. The van der Waals surface area contributed by atoms with Crippen LogP contribution in [0.2, 0.25) is 13.1 Å². The third-order valence-corrected chi connectivity index (χ3v) is 12.0. The number of fused-ring (bicyclic) bond motifs is 6. The minimum atomic E-state index is -1.85. The zero-order valence-corrected chi connectivity index (χ0v) is 23.5. The van der Waals surface area contributed by atoms with Gasteiger partial charge < -0.3 is 4.90 Å². The van der Waals surface area contributed by atoms with Gasteiger partial charge in [0.1, 0.15) is 8.07 Å². The van der Waals surface area contributed by atoms with Crippen molar-refractivity contribution in [2.24, 2.45) is 0 Å². The number of hydrogen-bond acceptors (Lipinski definition) is 3. The summed E-state index contributed by atoms with van der Waals surface area (Å²) in [5, 5.41) is 8.66. The van der Waals surface area contributed by atoms with Gasteiger partial charge in [-0.1, -0.05) is 110 Å². The molecule has 1 aliphatic heterocycles. The molecule has 6 aromatic carbocycles. The van der Waals surface area contributed by atoms with Gasteiger partial charge in [-0.2, -0.15) is 0 Å². The lowest BCUT2D eigenvalue weighted by molar-refractivity contribution is 1.23. The summed E-state index contributed by atoms with van der Waals surface area (Å²) in [4.78, 5) is 12.4. The van der Waals surface area contributed by atoms with Crippen molar-refractivity contribution in [1.29, 1.82) is 0 Å². The monoisotopic (exact) mass is 529 g/mol. The lowest BCUT2D eigenvalue weighted by atomic mass is 10.00. The van der Waals surface area contributed by atoms with Crippen LogP contribution in [-0.2, 0) is 0 Å². The number of nitrogens with zero attached hydrogens (tertiary/aromatic N) is 3. The molecule has 0 aliphatic carbocycles. The van der Waals surface area contributed by atoms with E-state index in [0.29, 0.717) is 0 Å². The van der Waals surface area contributed by atoms with Crippen molar-refractivity contribution < 1.29 is 0 Å². The van der Waals surface area contributed by atoms with Crippen LogP contribution in [0.5, 0.6) is 0 Å². The molecule has 7 aromatic rings. The van der Waals surface area contributed by atoms with Crippen molar-refractivity contribution in [2.45, 2.75) is 13.1 Å². The zero-order valence-electron chi connectivity index (χ0n) is 22.5. The highest BCUT2D eigenvalue weighted by molar-refractivity contribution is 7.02. The number of rotatable bonds is 2. The quantitative estimate of drug-likeness (QED) is 0.167. The predicted octanol–water partition coefficient (Wildman–Crippen LogP) is 8.21. The normalized spacial score (nSPS) is 13.9. The summed E-state index contributed by atoms with van der Waals surface area (Å²) in [7, 11) is -1.85. The van der Waals surface area contributed by atoms with Gasteiger partial charge in [0.25, 0.3) is 0 Å². The summed E-state index contributed by atoms with van der Waals surface area (Å²) in [6, 6.07) is 43.7. The summed E-state index contributed by atoms with van der Waals surface area (Å²) in [5.41, 5.74) is 5.77. The molecule has 2 heterocycles. The number of anilines is 3. The van der Waals surface area contributed by atoms with Gasteiger partial charge >= 0.3 is 0 Å². The van der Waals surface area contributed by atoms with E-state index in [4.69, 9.17) is 9.97 Å². The molecule has 0 bridgehead atoms. The van der Waals surface area contributed by atoms with E-state index in [1.54, 1.807) is 0 Å². The van der Waals surface area contributed by atoms with Crippen LogP contribution in [0.25, 0.3) is 43.8 Å². The molecule has 0 atom stereocenters. The Bertz CT molecular complexity index is 2060. The second-order valence-electron chi connectivity index (χ2n) is 11.1. The smallest absolute Gasteiger partial charge is 0.160 e. The Hall–Kier alpha value is -4.80. The first-order valence-corrected chi connectivity index (χ1v) is 16.8. The van der Waals surface area contributed by atoms with Crippen LogP contribution in [0.15, 0.2) is 128 Å². The number of aromatic nitrogens is 2. The SMILES string of the molecule is C[Si]1(C)c2ccccc2N(c2ccc(-c3ncc4ccc5ccccc5c4n3)c3ccccc23)c2ccccc21. The Kier molecular flexibility index (Phi) is 4.97. The average Bonchev–Trinajstić information content (AvgIpc) is 3.01. The zero-order chi connectivity index (χ0) is 26.8. The van der Waals surface area contributed by atoms with E-state index in [1.165, 1.54) is 38.2 Å². The fraction of sp³-hybridized carbons (Fsp3) is 0.0556. The summed E-state index contributed by atoms with van der Waals surface area (Å²) in [6.45, 7) is 4.92. The molecule has 4 heteroatoms. The molecule has 1 aromatic heterocycles. The van der Waals surface area contributed by atoms with E-state index < -0.39 is 8.07 Å². The highest BCUT2D eigenvalue weighted by Crippen LogP contribution is 2.43. The van der Waals surface area contributed by atoms with Crippen molar-refractivity contribution in [3.8, 4) is 11.4 Å². The largest absolute Gasteiger partial charge is 0.310 e. The minimum absolute atomic E-state index is 0.750. The Morgan fingerprint density at radius 2 is 1.12 bits per heavy atom. The van der Waals surface area contributed by atoms with Crippen LogP contribution >= 0.6 is 0 Å². The van der Waals surface area contributed by atoms with E-state index >= 15 is 0 Å². The van der Waals surface area contributed by atoms with E-state index in [2.05, 4.69) is 139 Å². The van der Waals surface area contributed by atoms with Gasteiger partial charge in [0.05, 0.1) is 11.2 Å². The molecule has 1 aliphatic rings. The molecule has 190 valence electrons. The summed E-state index contributed by atoms with van der Waals surface area (Å²) >= 11 is 0. The maximum Gasteiger partial charge on any atom is 0.160 e. The van der Waals surface area contributed by atoms with E-state index in [0.717, 1.165) is 33.1 Å². The molecule has 0 unspecified atom stereocenters. The molecule has 0 saturated heterocycles. The third-order valence-electron chi connectivity index (χ3n) is 8.49.